The molecule has 2 N–H and O–H groups in total. The molecule has 5 rings (SSSR count). The van der Waals surface area contributed by atoms with Crippen LogP contribution in [0.25, 0.3) is 0 Å². The van der Waals surface area contributed by atoms with Crippen molar-refractivity contribution in [3.8, 4) is 5.75 Å². The molecular formula is C21H26O3. The van der Waals surface area contributed by atoms with Gasteiger partial charge < -0.3 is 14.9 Å². The average Bonchev–Trinajstić information content (AvgIpc) is 2.93. The molecule has 24 heavy (non-hydrogen) atoms. The van der Waals surface area contributed by atoms with Crippen molar-refractivity contribution in [2.24, 2.45) is 16.7 Å². The van der Waals surface area contributed by atoms with E-state index in [4.69, 9.17) is 4.74 Å². The fourth-order valence-electron chi connectivity index (χ4n) is 6.81. The fraction of sp³-hybridized carbons (Fsp3) is 0.619. The van der Waals surface area contributed by atoms with Crippen LogP contribution in [0.4, 0.5) is 0 Å². The average molecular weight is 326 g/mol. The van der Waals surface area contributed by atoms with Crippen LogP contribution in [-0.4, -0.2) is 29.0 Å². The Kier molecular flexibility index (Phi) is 2.77. The number of benzene rings is 1. The molecule has 0 spiro atoms. The summed E-state index contributed by atoms with van der Waals surface area (Å²) in [5.74, 6) is 1.99. The SMILES string of the molecule is COc1ccc2c(c1)CC[C@@H]1[C@@H]2CC[C@]2(C)[C@@]3(O)C=C[C@]12C[C@@H]3O. The van der Waals surface area contributed by atoms with Gasteiger partial charge in [-0.15, -0.1) is 0 Å². The van der Waals surface area contributed by atoms with E-state index in [1.54, 1.807) is 7.11 Å². The Hall–Kier alpha value is -1.32. The smallest absolute Gasteiger partial charge is 0.119 e. The van der Waals surface area contributed by atoms with Crippen LogP contribution in [0.3, 0.4) is 0 Å². The van der Waals surface area contributed by atoms with E-state index in [9.17, 15) is 10.2 Å². The van der Waals surface area contributed by atoms with Crippen molar-refractivity contribution in [3.63, 3.8) is 0 Å². The second-order valence-corrected chi connectivity index (χ2v) is 8.61. The van der Waals surface area contributed by atoms with Crippen LogP contribution >= 0.6 is 0 Å². The first-order valence-corrected chi connectivity index (χ1v) is 9.23. The van der Waals surface area contributed by atoms with E-state index in [1.165, 1.54) is 11.1 Å². The molecule has 2 saturated carbocycles. The van der Waals surface area contributed by atoms with Crippen molar-refractivity contribution in [2.75, 3.05) is 7.11 Å². The number of allylic oxidation sites excluding steroid dienone is 1. The molecule has 0 unspecified atom stereocenters. The Labute approximate surface area is 143 Å². The van der Waals surface area contributed by atoms with Crippen LogP contribution in [0.5, 0.6) is 5.75 Å². The highest BCUT2D eigenvalue weighted by Gasteiger charge is 2.74. The molecule has 1 aromatic rings. The van der Waals surface area contributed by atoms with Crippen molar-refractivity contribution in [1.82, 2.24) is 0 Å². The zero-order chi connectivity index (χ0) is 16.7. The lowest BCUT2D eigenvalue weighted by Gasteiger charge is -2.56. The fourth-order valence-corrected chi connectivity index (χ4v) is 6.81. The monoisotopic (exact) mass is 326 g/mol. The van der Waals surface area contributed by atoms with Crippen LogP contribution < -0.4 is 4.74 Å². The molecule has 0 amide bonds. The lowest BCUT2D eigenvalue weighted by Crippen LogP contribution is -2.53. The van der Waals surface area contributed by atoms with E-state index >= 15 is 0 Å². The minimum absolute atomic E-state index is 0.0539. The third-order valence-electron chi connectivity index (χ3n) is 8.16. The van der Waals surface area contributed by atoms with Gasteiger partial charge in [0.2, 0.25) is 0 Å². The first-order valence-electron chi connectivity index (χ1n) is 9.23. The second-order valence-electron chi connectivity index (χ2n) is 8.61. The zero-order valence-electron chi connectivity index (χ0n) is 14.5. The van der Waals surface area contributed by atoms with Crippen molar-refractivity contribution < 1.29 is 14.9 Å². The number of hydrogen-bond donors (Lipinski definition) is 2. The summed E-state index contributed by atoms with van der Waals surface area (Å²) in [4.78, 5) is 0. The number of aryl methyl sites for hydroxylation is 1. The lowest BCUT2D eigenvalue weighted by molar-refractivity contribution is -0.112. The van der Waals surface area contributed by atoms with Crippen molar-refractivity contribution >= 4 is 0 Å². The third kappa shape index (κ3) is 1.44. The Balaban J connectivity index is 1.61. The molecule has 2 bridgehead atoms. The summed E-state index contributed by atoms with van der Waals surface area (Å²) in [5.41, 5.74) is 1.59. The number of aliphatic hydroxyl groups is 2. The van der Waals surface area contributed by atoms with Gasteiger partial charge in [0.15, 0.2) is 0 Å². The van der Waals surface area contributed by atoms with Crippen molar-refractivity contribution in [2.45, 2.75) is 56.7 Å². The van der Waals surface area contributed by atoms with Gasteiger partial charge in [0.1, 0.15) is 11.4 Å². The van der Waals surface area contributed by atoms with E-state index in [1.807, 2.05) is 6.08 Å². The van der Waals surface area contributed by atoms with Crippen LogP contribution in [-0.2, 0) is 6.42 Å². The van der Waals surface area contributed by atoms with Crippen molar-refractivity contribution in [3.05, 3.63) is 41.5 Å². The van der Waals surface area contributed by atoms with Gasteiger partial charge >= 0.3 is 0 Å². The van der Waals surface area contributed by atoms with Crippen LogP contribution in [0.2, 0.25) is 0 Å². The van der Waals surface area contributed by atoms with Gasteiger partial charge in [-0.3, -0.25) is 0 Å². The van der Waals surface area contributed by atoms with Gasteiger partial charge in [-0.05, 0) is 67.2 Å². The van der Waals surface area contributed by atoms with E-state index in [2.05, 4.69) is 31.2 Å². The Morgan fingerprint density at radius 1 is 1.21 bits per heavy atom. The maximum absolute atomic E-state index is 11.2. The lowest BCUT2D eigenvalue weighted by atomic mass is 9.48. The first-order chi connectivity index (χ1) is 11.5. The summed E-state index contributed by atoms with van der Waals surface area (Å²) < 4.78 is 5.40. The summed E-state index contributed by atoms with van der Waals surface area (Å²) >= 11 is 0. The molecule has 2 fully saturated rings. The highest BCUT2D eigenvalue weighted by molar-refractivity contribution is 5.45. The molecule has 1 aromatic carbocycles. The summed E-state index contributed by atoms with van der Waals surface area (Å²) in [5, 5.41) is 21.8. The predicted molar refractivity (Wildman–Crippen MR) is 92.0 cm³/mol. The Morgan fingerprint density at radius 2 is 2.04 bits per heavy atom. The number of rotatable bonds is 1. The molecule has 0 heterocycles. The van der Waals surface area contributed by atoms with E-state index in [-0.39, 0.29) is 10.8 Å². The van der Waals surface area contributed by atoms with Crippen LogP contribution in [0.15, 0.2) is 30.4 Å². The molecular weight excluding hydrogens is 300 g/mol. The molecule has 4 aliphatic carbocycles. The molecule has 0 saturated heterocycles. The Morgan fingerprint density at radius 3 is 2.79 bits per heavy atom. The van der Waals surface area contributed by atoms with E-state index in [0.717, 1.165) is 31.4 Å². The molecule has 4 aliphatic rings. The molecule has 3 nitrogen and oxygen atoms in total. The van der Waals surface area contributed by atoms with Gasteiger partial charge in [-0.25, -0.2) is 0 Å². The minimum Gasteiger partial charge on any atom is -0.497 e. The van der Waals surface area contributed by atoms with Gasteiger partial charge in [-0.2, -0.15) is 0 Å². The van der Waals surface area contributed by atoms with Crippen molar-refractivity contribution in [1.29, 1.82) is 0 Å². The Bertz CT molecular complexity index is 741. The highest BCUT2D eigenvalue weighted by atomic mass is 16.5. The molecule has 0 aromatic heterocycles. The molecule has 0 aliphatic heterocycles. The van der Waals surface area contributed by atoms with Crippen LogP contribution in [0, 0.1) is 16.7 Å². The number of hydrogen-bond acceptors (Lipinski definition) is 3. The second kappa shape index (κ2) is 4.44. The van der Waals surface area contributed by atoms with Crippen LogP contribution in [0.1, 0.15) is 49.7 Å². The number of aliphatic hydroxyl groups excluding tert-OH is 1. The van der Waals surface area contributed by atoms with E-state index in [0.29, 0.717) is 18.3 Å². The van der Waals surface area contributed by atoms with Gasteiger partial charge in [0.25, 0.3) is 0 Å². The van der Waals surface area contributed by atoms with E-state index < -0.39 is 11.7 Å². The molecule has 6 atom stereocenters. The first kappa shape index (κ1) is 15.0. The normalized spacial score (nSPS) is 47.9. The van der Waals surface area contributed by atoms with Gasteiger partial charge in [0, 0.05) is 10.8 Å². The summed E-state index contributed by atoms with van der Waals surface area (Å²) in [6.45, 7) is 2.21. The molecule has 0 radical (unpaired) electrons. The number of fused-ring (bicyclic) bond motifs is 3. The van der Waals surface area contributed by atoms with Gasteiger partial charge in [-0.1, -0.05) is 25.1 Å². The third-order valence-corrected chi connectivity index (χ3v) is 8.16. The minimum atomic E-state index is -1.03. The maximum atomic E-state index is 11.2. The number of ether oxygens (including phenoxy) is 1. The summed E-state index contributed by atoms with van der Waals surface area (Å²) in [6, 6.07) is 6.53. The molecule has 3 heteroatoms. The standard InChI is InChI=1S/C21H26O3/c1-19-8-7-16-15-5-4-14(24-2)11-13(15)3-6-17(16)20(19)9-10-21(19,23)18(22)12-20/h4-5,9-11,16-18,22-23H,3,6-8,12H2,1-2H3/t16-,17-,18+,19+,20+,21-/m1/s1. The maximum Gasteiger partial charge on any atom is 0.119 e. The quantitative estimate of drug-likeness (QED) is 0.779. The number of methoxy groups -OCH3 is 1. The highest BCUT2D eigenvalue weighted by Crippen LogP contribution is 2.74. The zero-order valence-corrected chi connectivity index (χ0v) is 14.5. The molecule has 128 valence electrons. The summed E-state index contributed by atoms with van der Waals surface area (Å²) in [6.07, 6.45) is 8.55. The summed E-state index contributed by atoms with van der Waals surface area (Å²) in [7, 11) is 1.72. The topological polar surface area (TPSA) is 49.7 Å². The predicted octanol–water partition coefficient (Wildman–Crippen LogP) is 3.19. The largest absolute Gasteiger partial charge is 0.497 e. The van der Waals surface area contributed by atoms with Gasteiger partial charge in [0.05, 0.1) is 13.2 Å².